The van der Waals surface area contributed by atoms with Gasteiger partial charge in [-0.2, -0.15) is 0 Å². The first kappa shape index (κ1) is 12.1. The van der Waals surface area contributed by atoms with Gasteiger partial charge < -0.3 is 10.2 Å². The summed E-state index contributed by atoms with van der Waals surface area (Å²) in [6.45, 7) is 6.45. The van der Waals surface area contributed by atoms with E-state index in [-0.39, 0.29) is 13.5 Å². The summed E-state index contributed by atoms with van der Waals surface area (Å²) < 4.78 is 1.85. The molecule has 0 aromatic carbocycles. The molecule has 0 aromatic heterocycles. The van der Waals surface area contributed by atoms with Gasteiger partial charge in [0.2, 0.25) is 0 Å². The molecule has 74 valence electrons. The molecule has 0 amide bonds. The zero-order valence-electron chi connectivity index (χ0n) is 8.38. The third kappa shape index (κ3) is 2.29. The normalized spacial score (nSPS) is 12.5. The van der Waals surface area contributed by atoms with Gasteiger partial charge in [-0.15, -0.1) is 0 Å². The zero-order chi connectivity index (χ0) is 9.61. The van der Waals surface area contributed by atoms with Crippen molar-refractivity contribution in [1.82, 2.24) is 4.57 Å². The molecule has 0 saturated heterocycles. The topological polar surface area (TPSA) is 43.7 Å². The number of aliphatic hydroxyl groups is 2. The van der Waals surface area contributed by atoms with Gasteiger partial charge in [-0.05, 0) is 18.1 Å². The van der Waals surface area contributed by atoms with Crippen molar-refractivity contribution < 1.29 is 10.2 Å². The quantitative estimate of drug-likeness (QED) is 0.490. The first-order valence-corrected chi connectivity index (χ1v) is 7.24. The van der Waals surface area contributed by atoms with Crippen LogP contribution in [0.5, 0.6) is 0 Å². The van der Waals surface area contributed by atoms with E-state index in [1.807, 2.05) is 4.57 Å². The van der Waals surface area contributed by atoms with E-state index < -0.39 is 8.24 Å². The van der Waals surface area contributed by atoms with Crippen molar-refractivity contribution in [2.75, 3.05) is 13.5 Å². The van der Waals surface area contributed by atoms with Gasteiger partial charge in [0.05, 0.1) is 13.5 Å². The molecule has 0 aromatic rings. The summed E-state index contributed by atoms with van der Waals surface area (Å²) in [5.41, 5.74) is 0. The van der Waals surface area contributed by atoms with E-state index in [0.717, 1.165) is 18.1 Å². The molecular weight excluding hydrogens is 170 g/mol. The van der Waals surface area contributed by atoms with Gasteiger partial charge in [0.1, 0.15) is 8.24 Å². The Bertz CT molecular complexity index is 105. The highest BCUT2D eigenvalue weighted by Crippen LogP contribution is 2.23. The van der Waals surface area contributed by atoms with Crippen LogP contribution in [-0.2, 0) is 0 Å². The smallest absolute Gasteiger partial charge is 0.132 e. The van der Waals surface area contributed by atoms with Gasteiger partial charge in [0, 0.05) is 0 Å². The summed E-state index contributed by atoms with van der Waals surface area (Å²) in [6, 6.07) is 3.30. The van der Waals surface area contributed by atoms with E-state index in [9.17, 15) is 0 Å². The van der Waals surface area contributed by atoms with Crippen LogP contribution in [0.1, 0.15) is 20.8 Å². The van der Waals surface area contributed by atoms with Crippen molar-refractivity contribution in [1.29, 1.82) is 0 Å². The number of hydrogen-bond donors (Lipinski definition) is 2. The summed E-state index contributed by atoms with van der Waals surface area (Å²) in [7, 11) is -1.51. The van der Waals surface area contributed by atoms with Crippen LogP contribution in [0.15, 0.2) is 0 Å². The summed E-state index contributed by atoms with van der Waals surface area (Å²) in [5.74, 6) is 0. The third-order valence-corrected chi connectivity index (χ3v) is 8.56. The highest BCUT2D eigenvalue weighted by Gasteiger charge is 2.33. The first-order chi connectivity index (χ1) is 5.70. The van der Waals surface area contributed by atoms with Crippen molar-refractivity contribution >= 4 is 8.24 Å². The second kappa shape index (κ2) is 5.69. The summed E-state index contributed by atoms with van der Waals surface area (Å²) >= 11 is 0. The molecule has 4 heteroatoms. The van der Waals surface area contributed by atoms with Crippen LogP contribution in [-0.4, -0.2) is 36.5 Å². The zero-order valence-corrected chi connectivity index (χ0v) is 9.38. The average Bonchev–Trinajstić information content (AvgIpc) is 2.14. The highest BCUT2D eigenvalue weighted by atomic mass is 28.3. The number of aliphatic hydroxyl groups excluding tert-OH is 2. The Kier molecular flexibility index (Phi) is 5.74. The molecule has 0 aliphatic heterocycles. The van der Waals surface area contributed by atoms with Crippen LogP contribution < -0.4 is 0 Å². The second-order valence-corrected chi connectivity index (χ2v) is 8.31. The molecule has 2 N–H and O–H groups in total. The van der Waals surface area contributed by atoms with Crippen molar-refractivity contribution in [3.8, 4) is 0 Å². The van der Waals surface area contributed by atoms with E-state index in [2.05, 4.69) is 20.8 Å². The molecular formula is C8H21NO2Si. The number of rotatable bonds is 6. The summed E-state index contributed by atoms with van der Waals surface area (Å²) in [4.78, 5) is 0. The molecule has 12 heavy (non-hydrogen) atoms. The Hall–Kier alpha value is 0.0969. The minimum absolute atomic E-state index is 0.00174. The van der Waals surface area contributed by atoms with Crippen LogP contribution in [0.3, 0.4) is 0 Å². The summed E-state index contributed by atoms with van der Waals surface area (Å²) in [5, 5.41) is 18.1. The predicted octanol–water partition coefficient (Wildman–Crippen LogP) is 1.19. The van der Waals surface area contributed by atoms with Crippen molar-refractivity contribution in [3.05, 3.63) is 0 Å². The molecule has 0 aliphatic carbocycles. The predicted molar refractivity (Wildman–Crippen MR) is 53.2 cm³/mol. The SMILES string of the molecule is CC[Si](CC)(CC)N(CO)CO. The van der Waals surface area contributed by atoms with E-state index in [4.69, 9.17) is 10.2 Å². The lowest BCUT2D eigenvalue weighted by atomic mass is 10.9. The fraction of sp³-hybridized carbons (Fsp3) is 1.00. The minimum Gasteiger partial charge on any atom is -0.382 e. The largest absolute Gasteiger partial charge is 0.382 e. The van der Waals surface area contributed by atoms with Gasteiger partial charge >= 0.3 is 0 Å². The van der Waals surface area contributed by atoms with Gasteiger partial charge in [0.25, 0.3) is 0 Å². The van der Waals surface area contributed by atoms with Crippen LogP contribution in [0, 0.1) is 0 Å². The average molecular weight is 191 g/mol. The molecule has 0 atom stereocenters. The van der Waals surface area contributed by atoms with Gasteiger partial charge in [-0.3, -0.25) is 4.57 Å². The molecule has 0 radical (unpaired) electrons. The van der Waals surface area contributed by atoms with Crippen LogP contribution in [0.4, 0.5) is 0 Å². The summed E-state index contributed by atoms with van der Waals surface area (Å²) in [6.07, 6.45) is 0. The maximum absolute atomic E-state index is 9.06. The van der Waals surface area contributed by atoms with Gasteiger partial charge in [0.15, 0.2) is 0 Å². The van der Waals surface area contributed by atoms with E-state index in [1.54, 1.807) is 0 Å². The Labute approximate surface area is 76.1 Å². The third-order valence-electron chi connectivity index (χ3n) is 2.99. The monoisotopic (exact) mass is 191 g/mol. The van der Waals surface area contributed by atoms with Crippen molar-refractivity contribution in [2.24, 2.45) is 0 Å². The fourth-order valence-electron chi connectivity index (χ4n) is 1.77. The fourth-order valence-corrected chi connectivity index (χ4v) is 5.21. The molecule has 0 aliphatic rings. The molecule has 0 rings (SSSR count). The standard InChI is InChI=1S/C8H21NO2Si/c1-4-12(5-2,6-3)9(7-10)8-11/h10-11H,4-8H2,1-3H3. The molecule has 0 fully saturated rings. The lowest BCUT2D eigenvalue weighted by Gasteiger charge is -2.37. The van der Waals surface area contributed by atoms with Crippen molar-refractivity contribution in [2.45, 2.75) is 38.9 Å². The molecule has 0 spiro atoms. The highest BCUT2D eigenvalue weighted by molar-refractivity contribution is 6.76. The Morgan fingerprint density at radius 3 is 1.33 bits per heavy atom. The molecule has 0 bridgehead atoms. The van der Waals surface area contributed by atoms with Crippen LogP contribution in [0.2, 0.25) is 18.1 Å². The lowest BCUT2D eigenvalue weighted by molar-refractivity contribution is 0.0861. The Morgan fingerprint density at radius 1 is 0.917 bits per heavy atom. The molecule has 0 unspecified atom stereocenters. The van der Waals surface area contributed by atoms with E-state index >= 15 is 0 Å². The first-order valence-electron chi connectivity index (χ1n) is 4.67. The minimum atomic E-state index is -1.51. The lowest BCUT2D eigenvalue weighted by Crippen LogP contribution is -2.52. The van der Waals surface area contributed by atoms with Crippen LogP contribution >= 0.6 is 0 Å². The van der Waals surface area contributed by atoms with E-state index in [0.29, 0.717) is 0 Å². The van der Waals surface area contributed by atoms with Crippen molar-refractivity contribution in [3.63, 3.8) is 0 Å². The number of nitrogens with zero attached hydrogens (tertiary/aromatic N) is 1. The molecule has 0 saturated carbocycles. The maximum Gasteiger partial charge on any atom is 0.132 e. The number of hydrogen-bond acceptors (Lipinski definition) is 3. The molecule has 0 heterocycles. The Balaban J connectivity index is 4.42. The van der Waals surface area contributed by atoms with E-state index in [1.165, 1.54) is 0 Å². The second-order valence-electron chi connectivity index (χ2n) is 3.11. The van der Waals surface area contributed by atoms with Gasteiger partial charge in [-0.25, -0.2) is 0 Å². The molecule has 3 nitrogen and oxygen atoms in total. The maximum atomic E-state index is 9.06. The van der Waals surface area contributed by atoms with Gasteiger partial charge in [-0.1, -0.05) is 20.8 Å². The van der Waals surface area contributed by atoms with Crippen LogP contribution in [0.25, 0.3) is 0 Å². The Morgan fingerprint density at radius 2 is 1.25 bits per heavy atom.